The van der Waals surface area contributed by atoms with E-state index in [0.29, 0.717) is 13.2 Å². The van der Waals surface area contributed by atoms with Crippen molar-refractivity contribution in [1.29, 1.82) is 0 Å². The maximum Gasteiger partial charge on any atom is 0.0981 e. The van der Waals surface area contributed by atoms with Crippen LogP contribution in [0.2, 0.25) is 0 Å². The van der Waals surface area contributed by atoms with E-state index in [-0.39, 0.29) is 6.04 Å². The number of aryl methyl sites for hydroxylation is 1. The fourth-order valence-electron chi connectivity index (χ4n) is 1.92. The first-order chi connectivity index (χ1) is 9.17. The van der Waals surface area contributed by atoms with Gasteiger partial charge in [-0.05, 0) is 35.0 Å². The molecule has 2 aromatic rings. The fourth-order valence-corrected chi connectivity index (χ4v) is 3.39. The molecule has 5 nitrogen and oxygen atoms in total. The van der Waals surface area contributed by atoms with E-state index in [1.54, 1.807) is 24.6 Å². The summed E-state index contributed by atoms with van der Waals surface area (Å²) in [5.74, 6) is 5.74. The zero-order chi connectivity index (χ0) is 13.8. The molecule has 0 aromatic carbocycles. The van der Waals surface area contributed by atoms with Gasteiger partial charge < -0.3 is 4.74 Å². The zero-order valence-electron chi connectivity index (χ0n) is 10.9. The van der Waals surface area contributed by atoms with E-state index in [4.69, 9.17) is 10.6 Å². The molecule has 0 spiro atoms. The van der Waals surface area contributed by atoms with Crippen LogP contribution in [0, 0.1) is 6.92 Å². The molecule has 3 N–H and O–H groups in total. The Morgan fingerprint density at radius 1 is 1.58 bits per heavy atom. The average Bonchev–Trinajstić information content (AvgIpc) is 2.97. The lowest BCUT2D eigenvalue weighted by atomic mass is 10.2. The quantitative estimate of drug-likeness (QED) is 0.622. The molecule has 1 atom stereocenters. The molecule has 2 rings (SSSR count). The molecule has 0 aliphatic heterocycles. The SMILES string of the molecule is COCCn1ncc(Br)c1C(NN)c1ccc(C)s1. The summed E-state index contributed by atoms with van der Waals surface area (Å²) in [6, 6.07) is 4.10. The molecule has 1 unspecified atom stereocenters. The van der Waals surface area contributed by atoms with Crippen LogP contribution < -0.4 is 11.3 Å². The molecule has 2 aromatic heterocycles. The molecular weight excluding hydrogens is 328 g/mol. The number of aromatic nitrogens is 2. The molecule has 0 aliphatic rings. The summed E-state index contributed by atoms with van der Waals surface area (Å²) < 4.78 is 7.96. The molecule has 0 saturated carbocycles. The van der Waals surface area contributed by atoms with Crippen LogP contribution in [0.3, 0.4) is 0 Å². The molecule has 0 saturated heterocycles. The van der Waals surface area contributed by atoms with Crippen LogP contribution in [0.25, 0.3) is 0 Å². The fraction of sp³-hybridized carbons (Fsp3) is 0.417. The summed E-state index contributed by atoms with van der Waals surface area (Å²) in [6.45, 7) is 3.39. The predicted octanol–water partition coefficient (Wildman–Crippen LogP) is 2.21. The van der Waals surface area contributed by atoms with Gasteiger partial charge in [0.25, 0.3) is 0 Å². The standard InChI is InChI=1S/C12H17BrN4OS/c1-8-3-4-10(19-8)11(16-14)12-9(13)7-15-17(12)5-6-18-2/h3-4,7,11,16H,5-6,14H2,1-2H3. The third kappa shape index (κ3) is 3.24. The zero-order valence-corrected chi connectivity index (χ0v) is 13.3. The van der Waals surface area contributed by atoms with Gasteiger partial charge >= 0.3 is 0 Å². The Labute approximate surface area is 124 Å². The lowest BCUT2D eigenvalue weighted by Gasteiger charge is -2.17. The lowest BCUT2D eigenvalue weighted by Crippen LogP contribution is -2.30. The summed E-state index contributed by atoms with van der Waals surface area (Å²) in [6.07, 6.45) is 1.79. The lowest BCUT2D eigenvalue weighted by molar-refractivity contribution is 0.182. The predicted molar refractivity (Wildman–Crippen MR) is 80.0 cm³/mol. The van der Waals surface area contributed by atoms with E-state index in [1.807, 2.05) is 4.68 Å². The number of nitrogens with one attached hydrogen (secondary N) is 1. The van der Waals surface area contributed by atoms with Crippen LogP contribution >= 0.6 is 27.3 Å². The van der Waals surface area contributed by atoms with E-state index < -0.39 is 0 Å². The van der Waals surface area contributed by atoms with Crippen LogP contribution in [0.4, 0.5) is 0 Å². The first kappa shape index (κ1) is 14.7. The molecule has 0 aliphatic carbocycles. The van der Waals surface area contributed by atoms with E-state index in [9.17, 15) is 0 Å². The first-order valence-corrected chi connectivity index (χ1v) is 7.51. The van der Waals surface area contributed by atoms with Crippen LogP contribution in [-0.2, 0) is 11.3 Å². The largest absolute Gasteiger partial charge is 0.383 e. The van der Waals surface area contributed by atoms with Crippen molar-refractivity contribution in [3.63, 3.8) is 0 Å². The van der Waals surface area contributed by atoms with Gasteiger partial charge in [0.1, 0.15) is 0 Å². The molecule has 0 amide bonds. The number of thiophene rings is 1. The third-order valence-corrected chi connectivity index (χ3v) is 4.50. The Hall–Kier alpha value is -0.730. The highest BCUT2D eigenvalue weighted by Crippen LogP contribution is 2.31. The normalized spacial score (nSPS) is 12.8. The summed E-state index contributed by atoms with van der Waals surface area (Å²) in [5.41, 5.74) is 3.89. The number of nitrogens with two attached hydrogens (primary N) is 1. The number of hydrogen-bond donors (Lipinski definition) is 2. The molecule has 19 heavy (non-hydrogen) atoms. The van der Waals surface area contributed by atoms with Crippen molar-refractivity contribution >= 4 is 27.3 Å². The Morgan fingerprint density at radius 2 is 2.37 bits per heavy atom. The van der Waals surface area contributed by atoms with Crippen LogP contribution in [0.1, 0.15) is 21.5 Å². The van der Waals surface area contributed by atoms with E-state index in [2.05, 4.69) is 45.5 Å². The maximum atomic E-state index is 5.74. The van der Waals surface area contributed by atoms with E-state index in [0.717, 1.165) is 10.2 Å². The van der Waals surface area contributed by atoms with Gasteiger partial charge in [-0.3, -0.25) is 10.5 Å². The summed E-state index contributed by atoms with van der Waals surface area (Å²) in [5, 5.41) is 4.35. The number of halogens is 1. The first-order valence-electron chi connectivity index (χ1n) is 5.90. The smallest absolute Gasteiger partial charge is 0.0981 e. The minimum atomic E-state index is -0.0765. The Kier molecular flexibility index (Phi) is 5.12. The molecule has 0 fully saturated rings. The van der Waals surface area contributed by atoms with Crippen molar-refractivity contribution < 1.29 is 4.74 Å². The highest BCUT2D eigenvalue weighted by Gasteiger charge is 2.22. The second-order valence-corrected chi connectivity index (χ2v) is 6.32. The molecule has 2 heterocycles. The van der Waals surface area contributed by atoms with Crippen LogP contribution in [0.5, 0.6) is 0 Å². The molecular formula is C12H17BrN4OS. The van der Waals surface area contributed by atoms with Gasteiger partial charge in [0.2, 0.25) is 0 Å². The van der Waals surface area contributed by atoms with Crippen LogP contribution in [0.15, 0.2) is 22.8 Å². The summed E-state index contributed by atoms with van der Waals surface area (Å²) in [7, 11) is 1.68. The highest BCUT2D eigenvalue weighted by molar-refractivity contribution is 9.10. The third-order valence-electron chi connectivity index (χ3n) is 2.83. The number of hydrazine groups is 1. The topological polar surface area (TPSA) is 65.1 Å². The van der Waals surface area contributed by atoms with Gasteiger partial charge in [-0.1, -0.05) is 0 Å². The maximum absolute atomic E-state index is 5.74. The number of hydrogen-bond acceptors (Lipinski definition) is 5. The van der Waals surface area contributed by atoms with E-state index in [1.165, 1.54) is 9.75 Å². The number of ether oxygens (including phenoxy) is 1. The Balaban J connectivity index is 2.34. The second kappa shape index (κ2) is 6.62. The number of nitrogens with zero attached hydrogens (tertiary/aromatic N) is 2. The van der Waals surface area contributed by atoms with Crippen molar-refractivity contribution in [3.8, 4) is 0 Å². The monoisotopic (exact) mass is 344 g/mol. The summed E-state index contributed by atoms with van der Waals surface area (Å²) in [4.78, 5) is 2.43. The number of methoxy groups -OCH3 is 1. The summed E-state index contributed by atoms with van der Waals surface area (Å²) >= 11 is 5.26. The van der Waals surface area contributed by atoms with Crippen molar-refractivity contribution in [2.45, 2.75) is 19.5 Å². The van der Waals surface area contributed by atoms with Crippen molar-refractivity contribution in [2.75, 3.05) is 13.7 Å². The van der Waals surface area contributed by atoms with Crippen molar-refractivity contribution in [2.24, 2.45) is 5.84 Å². The highest BCUT2D eigenvalue weighted by atomic mass is 79.9. The van der Waals surface area contributed by atoms with Gasteiger partial charge in [0, 0.05) is 16.9 Å². The van der Waals surface area contributed by atoms with Gasteiger partial charge in [0.15, 0.2) is 0 Å². The van der Waals surface area contributed by atoms with Crippen molar-refractivity contribution in [1.82, 2.24) is 15.2 Å². The van der Waals surface area contributed by atoms with E-state index >= 15 is 0 Å². The molecule has 7 heteroatoms. The second-order valence-electron chi connectivity index (χ2n) is 4.14. The van der Waals surface area contributed by atoms with Crippen LogP contribution in [-0.4, -0.2) is 23.5 Å². The molecule has 104 valence electrons. The van der Waals surface area contributed by atoms with Gasteiger partial charge in [-0.25, -0.2) is 5.43 Å². The average molecular weight is 345 g/mol. The number of rotatable bonds is 6. The Bertz CT molecular complexity index is 540. The Morgan fingerprint density at radius 3 is 2.95 bits per heavy atom. The minimum Gasteiger partial charge on any atom is -0.383 e. The minimum absolute atomic E-state index is 0.0765. The molecule has 0 bridgehead atoms. The van der Waals surface area contributed by atoms with Crippen molar-refractivity contribution in [3.05, 3.63) is 38.3 Å². The van der Waals surface area contributed by atoms with Gasteiger partial charge in [-0.2, -0.15) is 5.10 Å². The van der Waals surface area contributed by atoms with Gasteiger partial charge in [-0.15, -0.1) is 11.3 Å². The molecule has 0 radical (unpaired) electrons. The van der Waals surface area contributed by atoms with Gasteiger partial charge in [0.05, 0.1) is 35.6 Å².